The molecule has 4 nitrogen and oxygen atoms in total. The molecule has 0 saturated carbocycles. The smallest absolute Gasteiger partial charge is 0.410 e. The summed E-state index contributed by atoms with van der Waals surface area (Å²) in [5, 5.41) is 3.43. The first-order chi connectivity index (χ1) is 8.83. The summed E-state index contributed by atoms with van der Waals surface area (Å²) in [6.45, 7) is 2.08. The molecule has 18 heavy (non-hydrogen) atoms. The van der Waals surface area contributed by atoms with Crippen LogP contribution in [-0.2, 0) is 11.3 Å². The zero-order valence-electron chi connectivity index (χ0n) is 10.3. The van der Waals surface area contributed by atoms with Crippen molar-refractivity contribution in [3.05, 3.63) is 35.9 Å². The predicted octanol–water partition coefficient (Wildman–Crippen LogP) is 1.76. The number of hydrogen-bond donors (Lipinski definition) is 1. The van der Waals surface area contributed by atoms with Crippen molar-refractivity contribution in [1.82, 2.24) is 10.2 Å². The monoisotopic (exact) mass is 246 g/mol. The minimum atomic E-state index is -0.175. The average Bonchev–Trinajstić information content (AvgIpc) is 2.79. The fourth-order valence-corrected chi connectivity index (χ4v) is 2.78. The molecule has 0 unspecified atom stereocenters. The molecule has 2 bridgehead atoms. The van der Waals surface area contributed by atoms with Gasteiger partial charge in [-0.15, -0.1) is 0 Å². The average molecular weight is 246 g/mol. The normalized spacial score (nSPS) is 26.1. The van der Waals surface area contributed by atoms with Crippen LogP contribution in [0.2, 0.25) is 0 Å². The Hall–Kier alpha value is -1.55. The van der Waals surface area contributed by atoms with Crippen molar-refractivity contribution in [3.63, 3.8) is 0 Å². The summed E-state index contributed by atoms with van der Waals surface area (Å²) in [5.41, 5.74) is 1.03. The summed E-state index contributed by atoms with van der Waals surface area (Å²) in [6.07, 6.45) is 1.93. The van der Waals surface area contributed by atoms with Crippen molar-refractivity contribution < 1.29 is 9.53 Å². The van der Waals surface area contributed by atoms with Gasteiger partial charge in [-0.25, -0.2) is 4.79 Å². The molecule has 96 valence electrons. The SMILES string of the molecule is O=C(OCc1ccccc1)N1CC[C@@H]2C[C@H]1CN2. The van der Waals surface area contributed by atoms with Gasteiger partial charge in [0.15, 0.2) is 0 Å². The minimum Gasteiger partial charge on any atom is -0.445 e. The minimum absolute atomic E-state index is 0.175. The van der Waals surface area contributed by atoms with Crippen molar-refractivity contribution in [2.75, 3.05) is 13.1 Å². The number of rotatable bonds is 2. The number of ether oxygens (including phenoxy) is 1. The summed E-state index contributed by atoms with van der Waals surface area (Å²) in [7, 11) is 0. The number of amides is 1. The second-order valence-corrected chi connectivity index (χ2v) is 5.02. The quantitative estimate of drug-likeness (QED) is 0.864. The molecule has 2 atom stereocenters. The van der Waals surface area contributed by atoms with Crippen LogP contribution < -0.4 is 5.32 Å². The van der Waals surface area contributed by atoms with E-state index in [2.05, 4.69) is 5.32 Å². The summed E-state index contributed by atoms with van der Waals surface area (Å²) in [6, 6.07) is 10.7. The van der Waals surface area contributed by atoms with Crippen molar-refractivity contribution in [3.8, 4) is 0 Å². The molecule has 2 heterocycles. The number of nitrogens with one attached hydrogen (secondary N) is 1. The van der Waals surface area contributed by atoms with Crippen LogP contribution >= 0.6 is 0 Å². The highest BCUT2D eigenvalue weighted by atomic mass is 16.6. The Labute approximate surface area is 107 Å². The zero-order chi connectivity index (χ0) is 12.4. The zero-order valence-corrected chi connectivity index (χ0v) is 10.3. The summed E-state index contributed by atoms with van der Waals surface area (Å²) in [5.74, 6) is 0. The molecule has 1 aromatic rings. The van der Waals surface area contributed by atoms with Gasteiger partial charge in [-0.2, -0.15) is 0 Å². The van der Waals surface area contributed by atoms with Crippen molar-refractivity contribution in [1.29, 1.82) is 0 Å². The lowest BCUT2D eigenvalue weighted by Gasteiger charge is -2.31. The van der Waals surface area contributed by atoms with Crippen LogP contribution in [-0.4, -0.2) is 36.2 Å². The van der Waals surface area contributed by atoms with E-state index in [9.17, 15) is 4.79 Å². The largest absolute Gasteiger partial charge is 0.445 e. The van der Waals surface area contributed by atoms with Gasteiger partial charge in [0.1, 0.15) is 6.61 Å². The van der Waals surface area contributed by atoms with E-state index in [-0.39, 0.29) is 6.09 Å². The third-order valence-corrected chi connectivity index (χ3v) is 3.80. The summed E-state index contributed by atoms with van der Waals surface area (Å²) >= 11 is 0. The first kappa shape index (κ1) is 11.5. The molecule has 1 N–H and O–H groups in total. The molecule has 2 aliphatic heterocycles. The highest BCUT2D eigenvalue weighted by molar-refractivity contribution is 5.68. The van der Waals surface area contributed by atoms with Crippen LogP contribution in [0.3, 0.4) is 0 Å². The first-order valence-corrected chi connectivity index (χ1v) is 6.53. The number of likely N-dealkylation sites (tertiary alicyclic amines) is 1. The van der Waals surface area contributed by atoms with E-state index in [0.29, 0.717) is 18.7 Å². The maximum absolute atomic E-state index is 12.0. The molecule has 1 amide bonds. The molecule has 1 aromatic carbocycles. The van der Waals surface area contributed by atoms with E-state index in [1.807, 2.05) is 35.2 Å². The van der Waals surface area contributed by atoms with Gasteiger partial charge in [0.05, 0.1) is 0 Å². The standard InChI is InChI=1S/C14H18N2O2/c17-14(18-10-11-4-2-1-3-5-11)16-7-6-12-8-13(16)9-15-12/h1-5,12-13,15H,6-10H2/t12-,13+/m1/s1. The molecule has 0 aliphatic carbocycles. The molecule has 0 spiro atoms. The first-order valence-electron chi connectivity index (χ1n) is 6.53. The van der Waals surface area contributed by atoms with Crippen LogP contribution in [0.5, 0.6) is 0 Å². The number of benzene rings is 1. The Kier molecular flexibility index (Phi) is 3.19. The van der Waals surface area contributed by atoms with Crippen molar-refractivity contribution in [2.45, 2.75) is 31.5 Å². The Morgan fingerprint density at radius 3 is 3.06 bits per heavy atom. The van der Waals surface area contributed by atoms with Crippen LogP contribution in [0.15, 0.2) is 30.3 Å². The van der Waals surface area contributed by atoms with E-state index >= 15 is 0 Å². The molecule has 0 aromatic heterocycles. The number of piperidine rings is 1. The Morgan fingerprint density at radius 1 is 1.39 bits per heavy atom. The number of fused-ring (bicyclic) bond motifs is 2. The van der Waals surface area contributed by atoms with Gasteiger partial charge in [0.25, 0.3) is 0 Å². The van der Waals surface area contributed by atoms with Gasteiger partial charge < -0.3 is 15.0 Å². The fourth-order valence-electron chi connectivity index (χ4n) is 2.78. The van der Waals surface area contributed by atoms with E-state index in [1.165, 1.54) is 0 Å². The van der Waals surface area contributed by atoms with Crippen LogP contribution in [0, 0.1) is 0 Å². The van der Waals surface area contributed by atoms with E-state index < -0.39 is 0 Å². The van der Waals surface area contributed by atoms with Gasteiger partial charge in [-0.05, 0) is 18.4 Å². The number of carbonyl (C=O) groups excluding carboxylic acids is 1. The maximum Gasteiger partial charge on any atom is 0.410 e. The molecular weight excluding hydrogens is 228 g/mol. The van der Waals surface area contributed by atoms with E-state index in [0.717, 1.165) is 31.5 Å². The van der Waals surface area contributed by atoms with Gasteiger partial charge in [0, 0.05) is 25.2 Å². The second-order valence-electron chi connectivity index (χ2n) is 5.02. The molecule has 0 radical (unpaired) electrons. The lowest BCUT2D eigenvalue weighted by molar-refractivity contribution is 0.0764. The lowest BCUT2D eigenvalue weighted by Crippen LogP contribution is -2.44. The Bertz CT molecular complexity index is 421. The van der Waals surface area contributed by atoms with E-state index in [1.54, 1.807) is 0 Å². The van der Waals surface area contributed by atoms with Gasteiger partial charge in [-0.1, -0.05) is 30.3 Å². The van der Waals surface area contributed by atoms with Crippen LogP contribution in [0.25, 0.3) is 0 Å². The third kappa shape index (κ3) is 2.34. The predicted molar refractivity (Wildman–Crippen MR) is 68.1 cm³/mol. The number of nitrogens with zero attached hydrogens (tertiary/aromatic N) is 1. The highest BCUT2D eigenvalue weighted by Crippen LogP contribution is 2.23. The van der Waals surface area contributed by atoms with Crippen molar-refractivity contribution in [2.24, 2.45) is 0 Å². The highest BCUT2D eigenvalue weighted by Gasteiger charge is 2.36. The molecule has 2 fully saturated rings. The molecular formula is C14H18N2O2. The van der Waals surface area contributed by atoms with Gasteiger partial charge in [0.2, 0.25) is 0 Å². The molecule has 2 aliphatic rings. The summed E-state index contributed by atoms with van der Waals surface area (Å²) in [4.78, 5) is 13.9. The second kappa shape index (κ2) is 4.98. The number of hydrogen-bond acceptors (Lipinski definition) is 3. The lowest BCUT2D eigenvalue weighted by atomic mass is 10.0. The Balaban J connectivity index is 1.55. The fraction of sp³-hybridized carbons (Fsp3) is 0.500. The summed E-state index contributed by atoms with van der Waals surface area (Å²) < 4.78 is 5.38. The van der Waals surface area contributed by atoms with Gasteiger partial charge in [-0.3, -0.25) is 0 Å². The molecule has 2 saturated heterocycles. The van der Waals surface area contributed by atoms with E-state index in [4.69, 9.17) is 4.74 Å². The van der Waals surface area contributed by atoms with Crippen LogP contribution in [0.4, 0.5) is 4.79 Å². The number of carbonyl (C=O) groups is 1. The van der Waals surface area contributed by atoms with Crippen LogP contribution in [0.1, 0.15) is 18.4 Å². The van der Waals surface area contributed by atoms with Crippen molar-refractivity contribution >= 4 is 6.09 Å². The topological polar surface area (TPSA) is 41.6 Å². The molecule has 3 rings (SSSR count). The third-order valence-electron chi connectivity index (χ3n) is 3.80. The molecule has 4 heteroatoms. The Morgan fingerprint density at radius 2 is 2.22 bits per heavy atom. The maximum atomic E-state index is 12.0. The van der Waals surface area contributed by atoms with Gasteiger partial charge >= 0.3 is 6.09 Å².